The minimum absolute atomic E-state index is 0.101. The zero-order chi connectivity index (χ0) is 16.1. The number of hydrogen-bond acceptors (Lipinski definition) is 4. The molecule has 6 nitrogen and oxygen atoms in total. The summed E-state index contributed by atoms with van der Waals surface area (Å²) in [6, 6.07) is 3.41. The summed E-state index contributed by atoms with van der Waals surface area (Å²) < 4.78 is 10.7. The Morgan fingerprint density at radius 3 is 2.59 bits per heavy atom. The number of carboxylic acids is 1. The van der Waals surface area contributed by atoms with Crippen molar-refractivity contribution < 1.29 is 24.2 Å². The first kappa shape index (κ1) is 16.3. The number of rotatable bonds is 6. The maximum Gasteiger partial charge on any atom is 0.341 e. The number of ether oxygens (including phenoxy) is 2. The Bertz CT molecular complexity index is 541. The maximum atomic E-state index is 12.2. The van der Waals surface area contributed by atoms with Gasteiger partial charge < -0.3 is 19.9 Å². The van der Waals surface area contributed by atoms with E-state index in [1.165, 1.54) is 0 Å². The quantitative estimate of drug-likeness (QED) is 0.835. The Morgan fingerprint density at radius 2 is 2.05 bits per heavy atom. The largest absolute Gasteiger partial charge is 0.481 e. The van der Waals surface area contributed by atoms with E-state index >= 15 is 0 Å². The lowest BCUT2D eigenvalue weighted by Gasteiger charge is -2.14. The molecular weight excluding hydrogens is 286 g/mol. The third-order valence-corrected chi connectivity index (χ3v) is 3.58. The van der Waals surface area contributed by atoms with Crippen molar-refractivity contribution >= 4 is 11.9 Å². The molecular formula is C16H21NO5. The van der Waals surface area contributed by atoms with Gasteiger partial charge in [0.15, 0.2) is 6.61 Å². The fraction of sp³-hybridized carbons (Fsp3) is 0.500. The van der Waals surface area contributed by atoms with E-state index in [0.717, 1.165) is 30.6 Å². The van der Waals surface area contributed by atoms with Gasteiger partial charge in [-0.15, -0.1) is 0 Å². The highest BCUT2D eigenvalue weighted by atomic mass is 16.5. The SMILES string of the molecule is Cc1cc(C(=O)NCC2CCCO2)cc(C)c1OCC(=O)O. The van der Waals surface area contributed by atoms with Gasteiger partial charge in [0.25, 0.3) is 5.91 Å². The van der Waals surface area contributed by atoms with Crippen LogP contribution in [0.2, 0.25) is 0 Å². The molecule has 0 radical (unpaired) electrons. The van der Waals surface area contributed by atoms with Crippen LogP contribution in [0.1, 0.15) is 34.3 Å². The highest BCUT2D eigenvalue weighted by Crippen LogP contribution is 2.25. The maximum absolute atomic E-state index is 12.2. The molecule has 1 saturated heterocycles. The van der Waals surface area contributed by atoms with Crippen LogP contribution in [-0.2, 0) is 9.53 Å². The van der Waals surface area contributed by atoms with E-state index in [0.29, 0.717) is 17.9 Å². The fourth-order valence-corrected chi connectivity index (χ4v) is 2.56. The Labute approximate surface area is 129 Å². The van der Waals surface area contributed by atoms with E-state index in [1.54, 1.807) is 26.0 Å². The molecule has 0 saturated carbocycles. The molecule has 2 N–H and O–H groups in total. The van der Waals surface area contributed by atoms with Gasteiger partial charge in [0.2, 0.25) is 0 Å². The summed E-state index contributed by atoms with van der Waals surface area (Å²) in [5.41, 5.74) is 2.02. The number of aryl methyl sites for hydroxylation is 2. The summed E-state index contributed by atoms with van der Waals surface area (Å²) in [6.07, 6.45) is 2.11. The number of amides is 1. The molecule has 120 valence electrons. The Morgan fingerprint density at radius 1 is 1.36 bits per heavy atom. The fourth-order valence-electron chi connectivity index (χ4n) is 2.56. The van der Waals surface area contributed by atoms with Crippen molar-refractivity contribution in [1.82, 2.24) is 5.32 Å². The summed E-state index contributed by atoms with van der Waals surface area (Å²) in [5.74, 6) is -0.679. The van der Waals surface area contributed by atoms with Crippen molar-refractivity contribution in [3.63, 3.8) is 0 Å². The van der Waals surface area contributed by atoms with Gasteiger partial charge in [0.05, 0.1) is 6.10 Å². The van der Waals surface area contributed by atoms with Crippen molar-refractivity contribution in [3.05, 3.63) is 28.8 Å². The average Bonchev–Trinajstić information content (AvgIpc) is 2.96. The minimum Gasteiger partial charge on any atom is -0.481 e. The van der Waals surface area contributed by atoms with Crippen LogP contribution in [0.25, 0.3) is 0 Å². The summed E-state index contributed by atoms with van der Waals surface area (Å²) in [4.78, 5) is 22.8. The number of carbonyl (C=O) groups excluding carboxylic acids is 1. The number of carboxylic acid groups (broad SMARTS) is 1. The van der Waals surface area contributed by atoms with Gasteiger partial charge in [0.1, 0.15) is 5.75 Å². The van der Waals surface area contributed by atoms with Crippen LogP contribution < -0.4 is 10.1 Å². The lowest BCUT2D eigenvalue weighted by Crippen LogP contribution is -2.31. The van der Waals surface area contributed by atoms with Crippen LogP contribution in [0.5, 0.6) is 5.75 Å². The molecule has 6 heteroatoms. The molecule has 1 atom stereocenters. The van der Waals surface area contributed by atoms with Crippen molar-refractivity contribution in [2.45, 2.75) is 32.8 Å². The number of carbonyl (C=O) groups is 2. The lowest BCUT2D eigenvalue weighted by molar-refractivity contribution is -0.139. The molecule has 1 heterocycles. The summed E-state index contributed by atoms with van der Waals surface area (Å²) in [5, 5.41) is 11.5. The Balaban J connectivity index is 2.01. The smallest absolute Gasteiger partial charge is 0.341 e. The molecule has 1 aromatic rings. The Kier molecular flexibility index (Phi) is 5.38. The predicted molar refractivity (Wildman–Crippen MR) is 80.4 cm³/mol. The van der Waals surface area contributed by atoms with Crippen molar-refractivity contribution in [1.29, 1.82) is 0 Å². The van der Waals surface area contributed by atoms with Gasteiger partial charge in [0, 0.05) is 18.7 Å². The van der Waals surface area contributed by atoms with E-state index in [2.05, 4.69) is 5.32 Å². The van der Waals surface area contributed by atoms with Crippen molar-refractivity contribution in [2.24, 2.45) is 0 Å². The second kappa shape index (κ2) is 7.26. The molecule has 1 fully saturated rings. The highest BCUT2D eigenvalue weighted by Gasteiger charge is 2.17. The van der Waals surface area contributed by atoms with E-state index in [1.807, 2.05) is 0 Å². The van der Waals surface area contributed by atoms with Crippen LogP contribution in [0, 0.1) is 13.8 Å². The van der Waals surface area contributed by atoms with E-state index in [-0.39, 0.29) is 12.0 Å². The molecule has 0 aliphatic carbocycles. The Hall–Kier alpha value is -2.08. The molecule has 0 bridgehead atoms. The van der Waals surface area contributed by atoms with Crippen LogP contribution >= 0.6 is 0 Å². The van der Waals surface area contributed by atoms with Gasteiger partial charge in [-0.2, -0.15) is 0 Å². The lowest BCUT2D eigenvalue weighted by atomic mass is 10.0. The molecule has 2 rings (SSSR count). The van der Waals surface area contributed by atoms with Crippen LogP contribution in [0.15, 0.2) is 12.1 Å². The van der Waals surface area contributed by atoms with E-state index < -0.39 is 12.6 Å². The van der Waals surface area contributed by atoms with Gasteiger partial charge in [-0.05, 0) is 49.9 Å². The molecule has 0 spiro atoms. The molecule has 1 aliphatic heterocycles. The average molecular weight is 307 g/mol. The van der Waals surface area contributed by atoms with Gasteiger partial charge in [-0.1, -0.05) is 0 Å². The molecule has 1 aromatic carbocycles. The van der Waals surface area contributed by atoms with Crippen LogP contribution in [0.4, 0.5) is 0 Å². The second-order valence-electron chi connectivity index (χ2n) is 5.47. The first-order valence-corrected chi connectivity index (χ1v) is 7.33. The first-order chi connectivity index (χ1) is 10.5. The summed E-state index contributed by atoms with van der Waals surface area (Å²) in [6.45, 7) is 4.46. The normalized spacial score (nSPS) is 17.3. The molecule has 1 unspecified atom stereocenters. The van der Waals surface area contributed by atoms with E-state index in [4.69, 9.17) is 14.6 Å². The third-order valence-electron chi connectivity index (χ3n) is 3.58. The standard InChI is InChI=1S/C16H21NO5/c1-10-6-12(7-11(2)15(10)22-9-14(18)19)16(20)17-8-13-4-3-5-21-13/h6-7,13H,3-5,8-9H2,1-2H3,(H,17,20)(H,18,19). The third kappa shape index (κ3) is 4.21. The number of benzene rings is 1. The molecule has 1 aliphatic rings. The molecule has 1 amide bonds. The minimum atomic E-state index is -1.03. The van der Waals surface area contributed by atoms with Crippen LogP contribution in [-0.4, -0.2) is 42.8 Å². The number of nitrogens with one attached hydrogen (secondary N) is 1. The second-order valence-corrected chi connectivity index (χ2v) is 5.47. The summed E-state index contributed by atoms with van der Waals surface area (Å²) in [7, 11) is 0. The van der Waals surface area contributed by atoms with Crippen molar-refractivity contribution in [3.8, 4) is 5.75 Å². The van der Waals surface area contributed by atoms with Gasteiger partial charge in [-0.25, -0.2) is 4.79 Å². The predicted octanol–water partition coefficient (Wildman–Crippen LogP) is 1.68. The zero-order valence-corrected chi connectivity index (χ0v) is 12.8. The van der Waals surface area contributed by atoms with Crippen LogP contribution in [0.3, 0.4) is 0 Å². The van der Waals surface area contributed by atoms with Crippen molar-refractivity contribution in [2.75, 3.05) is 19.8 Å². The van der Waals surface area contributed by atoms with Gasteiger partial charge in [-0.3, -0.25) is 4.79 Å². The zero-order valence-electron chi connectivity index (χ0n) is 12.8. The topological polar surface area (TPSA) is 84.9 Å². The molecule has 0 aromatic heterocycles. The highest BCUT2D eigenvalue weighted by molar-refractivity contribution is 5.95. The molecule has 22 heavy (non-hydrogen) atoms. The monoisotopic (exact) mass is 307 g/mol. The van der Waals surface area contributed by atoms with Gasteiger partial charge >= 0.3 is 5.97 Å². The number of aliphatic carboxylic acids is 1. The first-order valence-electron chi connectivity index (χ1n) is 7.33. The van der Waals surface area contributed by atoms with E-state index in [9.17, 15) is 9.59 Å². The summed E-state index contributed by atoms with van der Waals surface area (Å²) >= 11 is 0. The number of hydrogen-bond donors (Lipinski definition) is 2.